The van der Waals surface area contributed by atoms with Crippen molar-refractivity contribution in [3.05, 3.63) is 84.4 Å². The smallest absolute Gasteiger partial charge is 0.364 e. The van der Waals surface area contributed by atoms with Gasteiger partial charge in [-0.3, -0.25) is 14.9 Å². The van der Waals surface area contributed by atoms with Crippen molar-refractivity contribution in [1.29, 1.82) is 0 Å². The number of benzene rings is 3. The Morgan fingerprint density at radius 1 is 0.932 bits per heavy atom. The molecule has 0 bridgehead atoms. The van der Waals surface area contributed by atoms with Crippen molar-refractivity contribution in [2.45, 2.75) is 61.6 Å². The maximum Gasteiger partial charge on any atom is 0.407 e. The average Bonchev–Trinajstić information content (AvgIpc) is 2.95. The van der Waals surface area contributed by atoms with Gasteiger partial charge >= 0.3 is 6.18 Å². The van der Waals surface area contributed by atoms with Crippen LogP contribution in [0.2, 0.25) is 0 Å². The number of carbonyl (C=O) groups excluding carboxylic acids is 2. The quantitative estimate of drug-likeness (QED) is 0.290. The molecule has 3 aromatic carbocycles. The van der Waals surface area contributed by atoms with Gasteiger partial charge in [-0.15, -0.1) is 0 Å². The summed E-state index contributed by atoms with van der Waals surface area (Å²) in [5, 5.41) is 4.89. The predicted molar refractivity (Wildman–Crippen MR) is 161 cm³/mol. The first-order valence-corrected chi connectivity index (χ1v) is 16.0. The molecule has 236 valence electrons. The van der Waals surface area contributed by atoms with Crippen LogP contribution in [0.1, 0.15) is 38.3 Å². The molecule has 44 heavy (non-hydrogen) atoms. The number of rotatable bonds is 10. The number of anilines is 1. The highest BCUT2D eigenvalue weighted by molar-refractivity contribution is 7.90. The van der Waals surface area contributed by atoms with Crippen LogP contribution in [0.5, 0.6) is 0 Å². The van der Waals surface area contributed by atoms with Crippen LogP contribution in [0, 0.1) is 0 Å². The van der Waals surface area contributed by atoms with Crippen LogP contribution in [0.25, 0.3) is 11.1 Å². The number of Topliss-reactive ketones (excluding diaryl/α,β-unsaturated/α-hetero) is 1. The molecule has 1 aliphatic heterocycles. The van der Waals surface area contributed by atoms with E-state index in [1.807, 2.05) is 35.2 Å². The highest BCUT2D eigenvalue weighted by Gasteiger charge is 2.44. The largest absolute Gasteiger partial charge is 0.407 e. The Labute approximate surface area is 254 Å². The average molecular weight is 634 g/mol. The van der Waals surface area contributed by atoms with Gasteiger partial charge in [-0.1, -0.05) is 54.6 Å². The lowest BCUT2D eigenvalue weighted by Gasteiger charge is -2.34. The molecule has 3 atom stereocenters. The molecule has 1 heterocycles. The van der Waals surface area contributed by atoms with Crippen LogP contribution in [0.15, 0.2) is 83.8 Å². The number of piperidine rings is 1. The number of sulfone groups is 1. The van der Waals surface area contributed by atoms with E-state index in [4.69, 9.17) is 0 Å². The number of carbonyl (C=O) groups is 2. The lowest BCUT2D eigenvalue weighted by Crippen LogP contribution is -2.57. The Morgan fingerprint density at radius 3 is 2.00 bits per heavy atom. The number of ketones is 1. The van der Waals surface area contributed by atoms with E-state index in [-0.39, 0.29) is 29.2 Å². The number of amides is 1. The van der Waals surface area contributed by atoms with E-state index < -0.39 is 52.1 Å². The second-order valence-corrected chi connectivity index (χ2v) is 13.6. The van der Waals surface area contributed by atoms with E-state index in [0.717, 1.165) is 11.9 Å². The van der Waals surface area contributed by atoms with Crippen LogP contribution in [0.4, 0.5) is 23.2 Å². The third kappa shape index (κ3) is 8.66. The van der Waals surface area contributed by atoms with Crippen LogP contribution in [-0.4, -0.2) is 63.4 Å². The molecule has 1 aliphatic rings. The number of hydrogen-bond acceptors (Lipinski definition) is 6. The summed E-state index contributed by atoms with van der Waals surface area (Å²) in [5.41, 5.74) is -0.201. The normalized spacial score (nSPS) is 17.7. The van der Waals surface area contributed by atoms with E-state index >= 15 is 0 Å². The first-order chi connectivity index (χ1) is 20.5. The molecule has 0 spiro atoms. The van der Waals surface area contributed by atoms with Crippen LogP contribution < -0.4 is 15.5 Å². The first kappa shape index (κ1) is 33.1. The van der Waals surface area contributed by atoms with Gasteiger partial charge in [0.1, 0.15) is 11.7 Å². The van der Waals surface area contributed by atoms with Gasteiger partial charge in [0.2, 0.25) is 5.91 Å². The zero-order valence-corrected chi connectivity index (χ0v) is 25.4. The minimum Gasteiger partial charge on any atom is -0.364 e. The van der Waals surface area contributed by atoms with Crippen molar-refractivity contribution < 1.29 is 35.6 Å². The summed E-state index contributed by atoms with van der Waals surface area (Å²) < 4.78 is 81.3. The Morgan fingerprint density at radius 2 is 1.50 bits per heavy atom. The zero-order valence-electron chi connectivity index (χ0n) is 24.6. The molecule has 0 radical (unpaired) electrons. The Kier molecular flexibility index (Phi) is 9.84. The van der Waals surface area contributed by atoms with E-state index in [0.29, 0.717) is 17.7 Å². The van der Waals surface area contributed by atoms with Crippen molar-refractivity contribution in [2.24, 2.45) is 0 Å². The van der Waals surface area contributed by atoms with Crippen molar-refractivity contribution in [1.82, 2.24) is 10.6 Å². The molecule has 0 aliphatic carbocycles. The Hall–Kier alpha value is -3.77. The highest BCUT2D eigenvalue weighted by Crippen LogP contribution is 2.35. The van der Waals surface area contributed by atoms with E-state index in [1.165, 1.54) is 50.2 Å². The molecule has 4 rings (SSSR count). The molecule has 0 saturated carbocycles. The Bertz CT molecular complexity index is 1560. The maximum atomic E-state index is 14.8. The monoisotopic (exact) mass is 633 g/mol. The number of para-hydroxylation sites is 1. The number of alkyl halides is 4. The highest BCUT2D eigenvalue weighted by atomic mass is 32.2. The zero-order chi connectivity index (χ0) is 32.3. The fraction of sp³-hybridized carbons (Fsp3) is 0.375. The fourth-order valence-corrected chi connectivity index (χ4v) is 5.79. The number of nitrogens with zero attached hydrogens (tertiary/aromatic N) is 1. The van der Waals surface area contributed by atoms with Crippen LogP contribution in [-0.2, 0) is 19.4 Å². The van der Waals surface area contributed by atoms with Gasteiger partial charge < -0.3 is 10.2 Å². The summed E-state index contributed by atoms with van der Waals surface area (Å²) in [5.74, 6) is -1.18. The van der Waals surface area contributed by atoms with Crippen LogP contribution >= 0.6 is 0 Å². The van der Waals surface area contributed by atoms with Gasteiger partial charge in [-0.05, 0) is 61.2 Å². The minimum atomic E-state index is -4.84. The number of nitrogens with one attached hydrogen (secondary N) is 2. The van der Waals surface area contributed by atoms with Gasteiger partial charge in [-0.2, -0.15) is 13.2 Å². The summed E-state index contributed by atoms with van der Waals surface area (Å²) in [6, 6.07) is 15.8. The SMILES string of the molecule is CC(C)(F)C[C@H](N[C@@H](c1ccc(-c2ccc(S(C)(=O)=O)cc2)cc1)C(F)(F)F)C(=O)NC1CCN(c2ccccc2)CC1=O. The lowest BCUT2D eigenvalue weighted by molar-refractivity contribution is -0.161. The molecule has 3 aromatic rings. The summed E-state index contributed by atoms with van der Waals surface area (Å²) in [7, 11) is -3.41. The summed E-state index contributed by atoms with van der Waals surface area (Å²) in [6.45, 7) is 2.81. The molecule has 1 saturated heterocycles. The molecule has 12 heteroatoms. The molecule has 1 amide bonds. The van der Waals surface area contributed by atoms with Crippen molar-refractivity contribution in [3.63, 3.8) is 0 Å². The van der Waals surface area contributed by atoms with Gasteiger partial charge in [-0.25, -0.2) is 12.8 Å². The first-order valence-electron chi connectivity index (χ1n) is 14.1. The topological polar surface area (TPSA) is 95.6 Å². The van der Waals surface area contributed by atoms with E-state index in [2.05, 4.69) is 10.6 Å². The summed E-state index contributed by atoms with van der Waals surface area (Å²) in [6.07, 6.45) is -4.08. The molecule has 2 N–H and O–H groups in total. The third-order valence-electron chi connectivity index (χ3n) is 7.42. The molecule has 1 fully saturated rings. The Balaban J connectivity index is 1.51. The molecule has 1 unspecified atom stereocenters. The standard InChI is InChI=1S/C32H35F4N3O4S/c1-31(2,33)19-27(30(41)38-26-17-18-39(20-28(26)40)24-7-5-4-6-8-24)37-29(32(34,35)36)23-11-9-21(10-12-23)22-13-15-25(16-14-22)44(3,42)43/h4-16,26-27,29,37H,17-20H2,1-3H3,(H,38,41)/t26?,27-,29-/m0/s1. The molecule has 0 aromatic heterocycles. The lowest BCUT2D eigenvalue weighted by atomic mass is 9.95. The minimum absolute atomic E-state index is 0.0240. The second-order valence-electron chi connectivity index (χ2n) is 11.6. The van der Waals surface area contributed by atoms with Gasteiger partial charge in [0.25, 0.3) is 0 Å². The van der Waals surface area contributed by atoms with Crippen LogP contribution in [0.3, 0.4) is 0 Å². The molecular weight excluding hydrogens is 598 g/mol. The fourth-order valence-electron chi connectivity index (χ4n) is 5.16. The second kappa shape index (κ2) is 13.1. The van der Waals surface area contributed by atoms with Crippen molar-refractivity contribution in [3.8, 4) is 11.1 Å². The van der Waals surface area contributed by atoms with Gasteiger partial charge in [0.05, 0.1) is 23.5 Å². The maximum absolute atomic E-state index is 14.8. The summed E-state index contributed by atoms with van der Waals surface area (Å²) >= 11 is 0. The molecular formula is C32H35F4N3O4S. The third-order valence-corrected chi connectivity index (χ3v) is 8.55. The van der Waals surface area contributed by atoms with Gasteiger partial charge in [0.15, 0.2) is 15.6 Å². The molecule has 7 nitrogen and oxygen atoms in total. The van der Waals surface area contributed by atoms with E-state index in [9.17, 15) is 35.6 Å². The van der Waals surface area contributed by atoms with Crippen molar-refractivity contribution >= 4 is 27.2 Å². The summed E-state index contributed by atoms with van der Waals surface area (Å²) in [4.78, 5) is 28.2. The van der Waals surface area contributed by atoms with E-state index in [1.54, 1.807) is 12.1 Å². The number of halogens is 4. The van der Waals surface area contributed by atoms with Crippen molar-refractivity contribution in [2.75, 3.05) is 24.2 Å². The predicted octanol–water partition coefficient (Wildman–Crippen LogP) is 5.42. The number of hydrogen-bond donors (Lipinski definition) is 2. The van der Waals surface area contributed by atoms with Gasteiger partial charge in [0, 0.05) is 24.9 Å².